The lowest BCUT2D eigenvalue weighted by Gasteiger charge is -2.47. The zero-order valence-corrected chi connectivity index (χ0v) is 52.9. The van der Waals surface area contributed by atoms with Crippen LogP contribution in [0.1, 0.15) is 5.56 Å². The van der Waals surface area contributed by atoms with Crippen LogP contribution in [0.3, 0.4) is 0 Å². The first-order chi connectivity index (χ1) is 47.7. The van der Waals surface area contributed by atoms with Gasteiger partial charge in [0.05, 0.1) is 22.6 Å². The smallest absolute Gasteiger partial charge is 0.311 e. The third kappa shape index (κ3) is 9.64. The van der Waals surface area contributed by atoms with Gasteiger partial charge in [-0.15, -0.1) is 0 Å². The van der Waals surface area contributed by atoms with Gasteiger partial charge in [-0.3, -0.25) is 0 Å². The quantitative estimate of drug-likeness (QED) is 0.0941. The fraction of sp³-hybridized carbons (Fsp3) is 0.0118. The fourth-order valence-corrected chi connectivity index (χ4v) is 16.6. The maximum atomic E-state index is 18.2. The number of anilines is 15. The molecule has 97 heavy (non-hydrogen) atoms. The van der Waals surface area contributed by atoms with Gasteiger partial charge in [0.2, 0.25) is 6.71 Å². The maximum Gasteiger partial charge on any atom is 0.419 e. The van der Waals surface area contributed by atoms with E-state index in [1.54, 1.807) is 23.1 Å². The summed E-state index contributed by atoms with van der Waals surface area (Å²) in [5.74, 6) is -0.668. The highest BCUT2D eigenvalue weighted by atomic mass is 32.2. The molecule has 0 aliphatic carbocycles. The molecule has 0 fully saturated rings. The highest BCUT2D eigenvalue weighted by molar-refractivity contribution is 8.00. The molecule has 0 radical (unpaired) electrons. The van der Waals surface area contributed by atoms with Gasteiger partial charge in [0.15, 0.2) is 0 Å². The second kappa shape index (κ2) is 23.3. The molecule has 4 aliphatic rings. The molecule has 0 bridgehead atoms. The number of benzene rings is 14. The number of para-hydroxylation sites is 7. The third-order valence-electron chi connectivity index (χ3n) is 19.3. The summed E-state index contributed by atoms with van der Waals surface area (Å²) in [5, 5.41) is 0. The van der Waals surface area contributed by atoms with Crippen molar-refractivity contribution in [1.82, 2.24) is 0 Å². The fourth-order valence-electron chi connectivity index (χ4n) is 15.3. The number of fused-ring (bicyclic) bond motifs is 8. The normalized spacial score (nSPS) is 13.0. The number of hydrogen-bond acceptors (Lipinski definition) is 6. The molecule has 0 saturated heterocycles. The van der Waals surface area contributed by atoms with Crippen molar-refractivity contribution in [2.75, 3.05) is 24.5 Å². The van der Waals surface area contributed by atoms with Crippen molar-refractivity contribution in [3.05, 3.63) is 345 Å². The topological polar surface area (TPSA) is 16.2 Å². The van der Waals surface area contributed by atoms with E-state index in [0.29, 0.717) is 27.2 Å². The molecule has 0 saturated carbocycles. The van der Waals surface area contributed by atoms with Gasteiger partial charge in [0, 0.05) is 78.0 Å². The molecule has 5 nitrogen and oxygen atoms in total. The lowest BCUT2D eigenvalue weighted by atomic mass is 9.30. The Labute approximate surface area is 565 Å². The zero-order valence-electron chi connectivity index (χ0n) is 52.1. The lowest BCUT2D eigenvalue weighted by Crippen LogP contribution is -2.65. The Kier molecular flexibility index (Phi) is 13.9. The van der Waals surface area contributed by atoms with Crippen molar-refractivity contribution in [2.45, 2.75) is 16.0 Å². The van der Waals surface area contributed by atoms with Gasteiger partial charge in [-0.05, 0) is 171 Å². The molecule has 18 rings (SSSR count). The summed E-state index contributed by atoms with van der Waals surface area (Å²) in [5.41, 5.74) is 17.7. The average Bonchev–Trinajstić information content (AvgIpc) is 0.681. The molecule has 0 unspecified atom stereocenters. The number of hydrogen-bond donors (Lipinski definition) is 0. The highest BCUT2D eigenvalue weighted by Gasteiger charge is 2.53. The summed E-state index contributed by atoms with van der Waals surface area (Å²) < 4.78 is 72.3. The van der Waals surface area contributed by atoms with Crippen molar-refractivity contribution in [2.24, 2.45) is 0 Å². The van der Waals surface area contributed by atoms with E-state index in [0.717, 1.165) is 118 Å². The predicted molar refractivity (Wildman–Crippen MR) is 396 cm³/mol. The lowest BCUT2D eigenvalue weighted by molar-refractivity contribution is -0.139. The molecule has 460 valence electrons. The van der Waals surface area contributed by atoms with Crippen LogP contribution in [0.2, 0.25) is 0 Å². The van der Waals surface area contributed by atoms with Gasteiger partial charge < -0.3 is 24.5 Å². The van der Waals surface area contributed by atoms with Crippen LogP contribution < -0.4 is 57.3 Å². The first kappa shape index (κ1) is 57.9. The SMILES string of the molecule is Fc1ccccc1N1c2cc(N(c3ccccc3)c3ccccc3)cc3c2B(c2ccccc2N3c2ccccc2)c2cc3c(c(C(F)(F)F)c21)Sc1cc(N(c2ccc(-c4ccccc4)cc2)c2cccc(-c4ccccc4)c2)cc2c1B3c1ccccc1N2c1ccccc1. The van der Waals surface area contributed by atoms with Crippen LogP contribution in [0, 0.1) is 5.82 Å². The Balaban J connectivity index is 0.937. The molecule has 4 aliphatic heterocycles. The Morgan fingerprint density at radius 3 is 1.27 bits per heavy atom. The van der Waals surface area contributed by atoms with E-state index < -0.39 is 31.0 Å². The first-order valence-electron chi connectivity index (χ1n) is 32.5. The molecule has 14 aromatic rings. The van der Waals surface area contributed by atoms with Gasteiger partial charge in [0.25, 0.3) is 6.71 Å². The van der Waals surface area contributed by atoms with Crippen molar-refractivity contribution in [3.63, 3.8) is 0 Å². The third-order valence-corrected chi connectivity index (χ3v) is 20.5. The van der Waals surface area contributed by atoms with E-state index in [2.05, 4.69) is 165 Å². The van der Waals surface area contributed by atoms with Crippen LogP contribution in [0.25, 0.3) is 22.3 Å². The second-order valence-electron chi connectivity index (χ2n) is 24.8. The Morgan fingerprint density at radius 2 is 0.711 bits per heavy atom. The second-order valence-corrected chi connectivity index (χ2v) is 25.8. The van der Waals surface area contributed by atoms with E-state index >= 15 is 17.6 Å². The van der Waals surface area contributed by atoms with E-state index in [9.17, 15) is 0 Å². The summed E-state index contributed by atoms with van der Waals surface area (Å²) in [6.07, 6.45) is -5.01. The summed E-state index contributed by atoms with van der Waals surface area (Å²) in [6, 6.07) is 111. The summed E-state index contributed by atoms with van der Waals surface area (Å²) in [6.45, 7) is -1.48. The molecule has 0 atom stereocenters. The van der Waals surface area contributed by atoms with Gasteiger partial charge in [0.1, 0.15) is 5.82 Å². The summed E-state index contributed by atoms with van der Waals surface area (Å²) in [4.78, 5) is 11.2. The predicted octanol–water partition coefficient (Wildman–Crippen LogP) is 20.0. The average molecular weight is 1280 g/mol. The molecule has 0 N–H and O–H groups in total. The highest BCUT2D eigenvalue weighted by Crippen LogP contribution is 2.55. The van der Waals surface area contributed by atoms with Crippen LogP contribution in [-0.2, 0) is 6.18 Å². The van der Waals surface area contributed by atoms with Crippen molar-refractivity contribution < 1.29 is 17.6 Å². The Morgan fingerprint density at radius 1 is 0.299 bits per heavy atom. The minimum absolute atomic E-state index is 0.0120. The van der Waals surface area contributed by atoms with Gasteiger partial charge in [-0.2, -0.15) is 13.2 Å². The minimum atomic E-state index is -5.01. The van der Waals surface area contributed by atoms with Crippen LogP contribution in [0.5, 0.6) is 0 Å². The number of rotatable bonds is 11. The van der Waals surface area contributed by atoms with Crippen molar-refractivity contribution in [1.29, 1.82) is 0 Å². The van der Waals surface area contributed by atoms with Crippen LogP contribution >= 0.6 is 11.8 Å². The molecule has 0 amide bonds. The number of halogens is 4. The van der Waals surface area contributed by atoms with Gasteiger partial charge >= 0.3 is 6.18 Å². The monoisotopic (exact) mass is 1280 g/mol. The van der Waals surface area contributed by atoms with Crippen molar-refractivity contribution >= 4 is 143 Å². The number of alkyl halides is 3. The summed E-state index contributed by atoms with van der Waals surface area (Å²) >= 11 is 1.15. The van der Waals surface area contributed by atoms with E-state index in [1.165, 1.54) is 6.07 Å². The van der Waals surface area contributed by atoms with Crippen molar-refractivity contribution in [3.8, 4) is 22.3 Å². The molecule has 12 heteroatoms. The maximum absolute atomic E-state index is 18.2. The first-order valence-corrected chi connectivity index (χ1v) is 33.3. The molecule has 14 aromatic carbocycles. The summed E-state index contributed by atoms with van der Waals surface area (Å²) in [7, 11) is 0. The van der Waals surface area contributed by atoms with E-state index in [-0.39, 0.29) is 16.3 Å². The molecule has 0 spiro atoms. The Bertz CT molecular complexity index is 5320. The van der Waals surface area contributed by atoms with E-state index in [4.69, 9.17) is 0 Å². The Hall–Kier alpha value is -11.7. The standard InChI is InChI=1S/C85H55B2F4N5S/c88-72-42-21-24-45-75(72)96-77-52-66(92(60-31-11-3-12-32-60)61-33-13-4-14-34-61)51-76-81(77)86(68-40-19-22-43-73(68)94(76)62-35-15-5-16-36-62)70-55-71-84(80(83(70)96)85(89,90)91)97-79-54-67(53-78-82(79)87(71)69-41-20-23-44-74(69)95(78)63-37-17-6-18-38-63)93(64-48-46-58(47-49-64)56-26-7-1-8-27-56)65-39-25-30-59(50-65)57-28-9-2-10-29-57/h1-55H. The zero-order chi connectivity index (χ0) is 64.9. The molecular weight excluding hydrogens is 1220 g/mol. The molecule has 4 heterocycles. The van der Waals surface area contributed by atoms with Crippen LogP contribution in [0.4, 0.5) is 103 Å². The molecule has 0 aromatic heterocycles. The van der Waals surface area contributed by atoms with Crippen LogP contribution in [0.15, 0.2) is 343 Å². The van der Waals surface area contributed by atoms with E-state index in [1.807, 2.05) is 164 Å². The minimum Gasteiger partial charge on any atom is -0.311 e. The number of nitrogens with zero attached hydrogens (tertiary/aromatic N) is 5. The van der Waals surface area contributed by atoms with Crippen LogP contribution in [-0.4, -0.2) is 13.4 Å². The molecular formula is C85H55B2F4N5S. The van der Waals surface area contributed by atoms with Gasteiger partial charge in [-0.25, -0.2) is 4.39 Å². The van der Waals surface area contributed by atoms with Gasteiger partial charge in [-0.1, -0.05) is 230 Å². The largest absolute Gasteiger partial charge is 0.419 e.